The van der Waals surface area contributed by atoms with Gasteiger partial charge in [0.1, 0.15) is 6.10 Å². The zero-order chi connectivity index (χ0) is 20.0. The lowest BCUT2D eigenvalue weighted by atomic mass is 9.89. The molecule has 0 radical (unpaired) electrons. The molecule has 3 N–H and O–H groups in total. The van der Waals surface area contributed by atoms with Crippen LogP contribution in [-0.4, -0.2) is 31.5 Å². The van der Waals surface area contributed by atoms with Gasteiger partial charge in [-0.1, -0.05) is 65.0 Å². The summed E-state index contributed by atoms with van der Waals surface area (Å²) < 4.78 is 1.50. The topological polar surface area (TPSA) is 78.2 Å². The van der Waals surface area contributed by atoms with Gasteiger partial charge in [0, 0.05) is 0 Å². The van der Waals surface area contributed by atoms with Gasteiger partial charge in [0.15, 0.2) is 0 Å². The van der Waals surface area contributed by atoms with Crippen LogP contribution >= 0.6 is 0 Å². The molecule has 0 saturated carbocycles. The number of aromatic amines is 1. The SMILES string of the molecule is CC(C)CCCC(C)CCCC(C)(O)C(O)Cn1c(=O)[nH]c2ccccc21. The minimum absolute atomic E-state index is 0.0831. The minimum Gasteiger partial charge on any atom is -0.388 e. The molecule has 3 atom stereocenters. The van der Waals surface area contributed by atoms with Crippen LogP contribution in [0.5, 0.6) is 0 Å². The first-order valence-electron chi connectivity index (χ1n) is 10.3. The van der Waals surface area contributed by atoms with E-state index < -0.39 is 11.7 Å². The van der Waals surface area contributed by atoms with Crippen molar-refractivity contribution >= 4 is 11.0 Å². The highest BCUT2D eigenvalue weighted by Gasteiger charge is 2.31. The largest absolute Gasteiger partial charge is 0.388 e. The fourth-order valence-electron chi connectivity index (χ4n) is 3.65. The molecule has 27 heavy (non-hydrogen) atoms. The van der Waals surface area contributed by atoms with Gasteiger partial charge in [0.05, 0.1) is 23.2 Å². The highest BCUT2D eigenvalue weighted by Crippen LogP contribution is 2.24. The molecule has 5 nitrogen and oxygen atoms in total. The Kier molecular flexibility index (Phi) is 7.68. The molecular formula is C22H36N2O3. The molecule has 0 amide bonds. The standard InChI is InChI=1S/C22H36N2O3/c1-16(2)9-7-10-17(3)11-8-14-22(4,27)20(25)15-24-19-13-6-5-12-18(19)23-21(24)26/h5-6,12-13,16-17,20,25,27H,7-11,14-15H2,1-4H3,(H,23,26). The number of para-hydroxylation sites is 2. The van der Waals surface area contributed by atoms with Gasteiger partial charge in [0.2, 0.25) is 0 Å². The first-order chi connectivity index (χ1) is 12.7. The van der Waals surface area contributed by atoms with Crippen molar-refractivity contribution in [3.8, 4) is 0 Å². The highest BCUT2D eigenvalue weighted by molar-refractivity contribution is 5.74. The first-order valence-corrected chi connectivity index (χ1v) is 10.3. The first kappa shape index (κ1) is 21.7. The quantitative estimate of drug-likeness (QED) is 0.553. The lowest BCUT2D eigenvalue weighted by Gasteiger charge is -2.29. The van der Waals surface area contributed by atoms with E-state index in [1.807, 2.05) is 24.3 Å². The number of H-pyrrole nitrogens is 1. The van der Waals surface area contributed by atoms with Gasteiger partial charge in [0.25, 0.3) is 0 Å². The monoisotopic (exact) mass is 376 g/mol. The fraction of sp³-hybridized carbons (Fsp3) is 0.682. The van der Waals surface area contributed by atoms with E-state index in [2.05, 4.69) is 25.8 Å². The van der Waals surface area contributed by atoms with E-state index in [9.17, 15) is 15.0 Å². The number of imidazole rings is 1. The normalized spacial score (nSPS) is 16.6. The second kappa shape index (κ2) is 9.56. The van der Waals surface area contributed by atoms with Gasteiger partial charge in [-0.3, -0.25) is 4.57 Å². The number of fused-ring (bicyclic) bond motifs is 1. The maximum absolute atomic E-state index is 12.2. The van der Waals surface area contributed by atoms with Crippen LogP contribution in [0.25, 0.3) is 11.0 Å². The van der Waals surface area contributed by atoms with Crippen LogP contribution in [0, 0.1) is 11.8 Å². The van der Waals surface area contributed by atoms with Crippen LogP contribution in [0.2, 0.25) is 0 Å². The number of rotatable bonds is 11. The second-order valence-corrected chi connectivity index (χ2v) is 8.75. The third-order valence-electron chi connectivity index (χ3n) is 5.61. The van der Waals surface area contributed by atoms with Gasteiger partial charge in [-0.15, -0.1) is 0 Å². The Bertz CT molecular complexity index is 760. The van der Waals surface area contributed by atoms with Gasteiger partial charge < -0.3 is 15.2 Å². The predicted molar refractivity (Wildman–Crippen MR) is 111 cm³/mol. The summed E-state index contributed by atoms with van der Waals surface area (Å²) in [5.41, 5.74) is 0.0145. The van der Waals surface area contributed by atoms with Crippen molar-refractivity contribution in [1.82, 2.24) is 9.55 Å². The number of nitrogens with zero attached hydrogens (tertiary/aromatic N) is 1. The van der Waals surface area contributed by atoms with Crippen molar-refractivity contribution < 1.29 is 10.2 Å². The van der Waals surface area contributed by atoms with Crippen molar-refractivity contribution in [2.45, 2.75) is 84.5 Å². The Morgan fingerprint density at radius 2 is 1.78 bits per heavy atom. The maximum Gasteiger partial charge on any atom is 0.326 e. The molecule has 0 fully saturated rings. The van der Waals surface area contributed by atoms with Gasteiger partial charge >= 0.3 is 5.69 Å². The van der Waals surface area contributed by atoms with Crippen molar-refractivity contribution in [2.75, 3.05) is 0 Å². The van der Waals surface area contributed by atoms with Crippen molar-refractivity contribution in [3.63, 3.8) is 0 Å². The van der Waals surface area contributed by atoms with Crippen molar-refractivity contribution in [3.05, 3.63) is 34.7 Å². The lowest BCUT2D eigenvalue weighted by Crippen LogP contribution is -2.43. The average Bonchev–Trinajstić information content (AvgIpc) is 2.90. The summed E-state index contributed by atoms with van der Waals surface area (Å²) in [6, 6.07) is 7.39. The third kappa shape index (κ3) is 6.22. The number of nitrogens with one attached hydrogen (secondary N) is 1. The van der Waals surface area contributed by atoms with Crippen LogP contribution in [0.1, 0.15) is 66.2 Å². The van der Waals surface area contributed by atoms with Gasteiger partial charge in [-0.05, 0) is 37.3 Å². The summed E-state index contributed by atoms with van der Waals surface area (Å²) in [4.78, 5) is 15.0. The predicted octanol–water partition coefficient (Wildman–Crippen LogP) is 4.07. The molecule has 2 aromatic rings. The number of hydrogen-bond donors (Lipinski definition) is 3. The van der Waals surface area contributed by atoms with E-state index >= 15 is 0 Å². The van der Waals surface area contributed by atoms with E-state index in [-0.39, 0.29) is 12.2 Å². The Labute approximate surface area is 162 Å². The van der Waals surface area contributed by atoms with Crippen LogP contribution < -0.4 is 5.69 Å². The third-order valence-corrected chi connectivity index (χ3v) is 5.61. The summed E-state index contributed by atoms with van der Waals surface area (Å²) >= 11 is 0. The molecule has 0 bridgehead atoms. The van der Waals surface area contributed by atoms with Crippen LogP contribution in [0.3, 0.4) is 0 Å². The molecule has 1 heterocycles. The number of hydrogen-bond acceptors (Lipinski definition) is 3. The van der Waals surface area contributed by atoms with Crippen LogP contribution in [0.4, 0.5) is 0 Å². The molecule has 0 saturated heterocycles. The van der Waals surface area contributed by atoms with Crippen LogP contribution in [0.15, 0.2) is 29.1 Å². The molecule has 0 spiro atoms. The summed E-state index contributed by atoms with van der Waals surface area (Å²) in [5.74, 6) is 1.38. The molecule has 2 rings (SSSR count). The Hall–Kier alpha value is -1.59. The molecule has 1 aromatic carbocycles. The van der Waals surface area contributed by atoms with E-state index in [1.54, 1.807) is 6.92 Å². The number of aromatic nitrogens is 2. The van der Waals surface area contributed by atoms with Crippen molar-refractivity contribution in [1.29, 1.82) is 0 Å². The van der Waals surface area contributed by atoms with Gasteiger partial charge in [-0.25, -0.2) is 4.79 Å². The van der Waals surface area contributed by atoms with Crippen molar-refractivity contribution in [2.24, 2.45) is 11.8 Å². The molecule has 5 heteroatoms. The molecule has 0 aliphatic rings. The fourth-order valence-corrected chi connectivity index (χ4v) is 3.65. The Morgan fingerprint density at radius 3 is 2.48 bits per heavy atom. The molecule has 1 aromatic heterocycles. The molecule has 152 valence electrons. The van der Waals surface area contributed by atoms with E-state index in [0.717, 1.165) is 29.8 Å². The Morgan fingerprint density at radius 1 is 1.11 bits per heavy atom. The van der Waals surface area contributed by atoms with E-state index in [1.165, 1.54) is 23.8 Å². The van der Waals surface area contributed by atoms with Crippen LogP contribution in [-0.2, 0) is 6.54 Å². The second-order valence-electron chi connectivity index (χ2n) is 8.75. The zero-order valence-corrected chi connectivity index (χ0v) is 17.2. The maximum atomic E-state index is 12.2. The lowest BCUT2D eigenvalue weighted by molar-refractivity contribution is -0.0751. The highest BCUT2D eigenvalue weighted by atomic mass is 16.3. The summed E-state index contributed by atoms with van der Waals surface area (Å²) in [5, 5.41) is 21.3. The smallest absolute Gasteiger partial charge is 0.326 e. The zero-order valence-electron chi connectivity index (χ0n) is 17.2. The average molecular weight is 377 g/mol. The summed E-state index contributed by atoms with van der Waals surface area (Å²) in [7, 11) is 0. The minimum atomic E-state index is -1.21. The molecule has 3 unspecified atom stereocenters. The summed E-state index contributed by atoms with van der Waals surface area (Å²) in [6.07, 6.45) is 5.18. The molecule has 0 aliphatic heterocycles. The number of aliphatic hydroxyl groups is 2. The number of benzene rings is 1. The van der Waals surface area contributed by atoms with E-state index in [0.29, 0.717) is 12.3 Å². The number of aliphatic hydroxyl groups excluding tert-OH is 1. The molecular weight excluding hydrogens is 340 g/mol. The molecule has 0 aliphatic carbocycles. The van der Waals surface area contributed by atoms with Gasteiger partial charge in [-0.2, -0.15) is 0 Å². The van der Waals surface area contributed by atoms with E-state index in [4.69, 9.17) is 0 Å². The summed E-state index contributed by atoms with van der Waals surface area (Å²) in [6.45, 7) is 8.52. The Balaban J connectivity index is 1.86.